The Hall–Kier alpha value is -0.610. The number of carbonyl (C=O) groups is 1. The Labute approximate surface area is 85.2 Å². The number of amides is 1. The molecular formula is C10H19N3O. The van der Waals surface area contributed by atoms with E-state index >= 15 is 0 Å². The van der Waals surface area contributed by atoms with Gasteiger partial charge >= 0.3 is 0 Å². The van der Waals surface area contributed by atoms with Gasteiger partial charge in [-0.1, -0.05) is 0 Å². The molecule has 2 saturated heterocycles. The molecule has 1 N–H and O–H groups in total. The largest absolute Gasteiger partial charge is 0.339 e. The molecule has 0 aromatic carbocycles. The van der Waals surface area contributed by atoms with Crippen LogP contribution in [0.4, 0.5) is 0 Å². The molecule has 2 heterocycles. The molecular weight excluding hydrogens is 178 g/mol. The standard InChI is InChI=1S/C10H19N3O/c1-8-11-9(14)10(13(8)3)4-6-12(2)7-5-10/h8H,4-7H2,1-3H3,(H,11,14). The molecule has 4 heteroatoms. The van der Waals surface area contributed by atoms with Gasteiger partial charge in [0.05, 0.1) is 6.17 Å². The summed E-state index contributed by atoms with van der Waals surface area (Å²) in [6.45, 7) is 4.08. The molecule has 0 aromatic heterocycles. The first-order valence-electron chi connectivity index (χ1n) is 5.29. The molecule has 0 aliphatic carbocycles. The van der Waals surface area contributed by atoms with Crippen LogP contribution in [0.2, 0.25) is 0 Å². The Morgan fingerprint density at radius 2 is 1.93 bits per heavy atom. The number of nitrogens with one attached hydrogen (secondary N) is 1. The van der Waals surface area contributed by atoms with E-state index in [0.717, 1.165) is 25.9 Å². The van der Waals surface area contributed by atoms with E-state index in [2.05, 4.69) is 22.2 Å². The summed E-state index contributed by atoms with van der Waals surface area (Å²) in [5, 5.41) is 3.01. The van der Waals surface area contributed by atoms with Crippen LogP contribution >= 0.6 is 0 Å². The summed E-state index contributed by atoms with van der Waals surface area (Å²) in [5.41, 5.74) is -0.216. The van der Waals surface area contributed by atoms with Gasteiger partial charge in [-0.3, -0.25) is 9.69 Å². The van der Waals surface area contributed by atoms with Crippen LogP contribution < -0.4 is 5.32 Å². The van der Waals surface area contributed by atoms with Crippen LogP contribution in [0.1, 0.15) is 19.8 Å². The van der Waals surface area contributed by atoms with Gasteiger partial charge in [0.15, 0.2) is 0 Å². The molecule has 0 bridgehead atoms. The Morgan fingerprint density at radius 3 is 2.36 bits per heavy atom. The highest BCUT2D eigenvalue weighted by atomic mass is 16.2. The lowest BCUT2D eigenvalue weighted by molar-refractivity contribution is -0.128. The third-order valence-corrected chi connectivity index (χ3v) is 3.83. The molecule has 2 rings (SSSR count). The van der Waals surface area contributed by atoms with Crippen molar-refractivity contribution in [2.75, 3.05) is 27.2 Å². The van der Waals surface area contributed by atoms with Crippen LogP contribution in [-0.4, -0.2) is 54.6 Å². The number of likely N-dealkylation sites (tertiary alicyclic amines) is 1. The summed E-state index contributed by atoms with van der Waals surface area (Å²) in [6.07, 6.45) is 2.10. The van der Waals surface area contributed by atoms with Crippen molar-refractivity contribution in [1.29, 1.82) is 0 Å². The Kier molecular flexibility index (Phi) is 2.27. The van der Waals surface area contributed by atoms with Gasteiger partial charge in [-0.15, -0.1) is 0 Å². The summed E-state index contributed by atoms with van der Waals surface area (Å²) in [4.78, 5) is 16.4. The normalized spacial score (nSPS) is 33.6. The fourth-order valence-electron chi connectivity index (χ4n) is 2.52. The van der Waals surface area contributed by atoms with Crippen LogP contribution in [0.5, 0.6) is 0 Å². The maximum atomic E-state index is 11.9. The number of hydrogen-bond donors (Lipinski definition) is 1. The third-order valence-electron chi connectivity index (χ3n) is 3.83. The Morgan fingerprint density at radius 1 is 1.36 bits per heavy atom. The second-order valence-corrected chi connectivity index (χ2v) is 4.60. The van der Waals surface area contributed by atoms with Crippen molar-refractivity contribution in [2.24, 2.45) is 0 Å². The molecule has 4 nitrogen and oxygen atoms in total. The molecule has 14 heavy (non-hydrogen) atoms. The zero-order valence-electron chi connectivity index (χ0n) is 9.21. The molecule has 0 saturated carbocycles. The maximum absolute atomic E-state index is 11.9. The molecule has 0 aromatic rings. The van der Waals surface area contributed by atoms with Crippen molar-refractivity contribution in [1.82, 2.24) is 15.1 Å². The van der Waals surface area contributed by atoms with Gasteiger partial charge in [0.2, 0.25) is 5.91 Å². The first kappa shape index (κ1) is 9.93. The van der Waals surface area contributed by atoms with Gasteiger partial charge in [-0.2, -0.15) is 0 Å². The molecule has 2 aliphatic rings. The number of carbonyl (C=O) groups excluding carboxylic acids is 1. The zero-order chi connectivity index (χ0) is 10.3. The Bertz CT molecular complexity index is 246. The van der Waals surface area contributed by atoms with E-state index in [1.807, 2.05) is 14.0 Å². The summed E-state index contributed by atoms with van der Waals surface area (Å²) in [5.74, 6) is 0.223. The summed E-state index contributed by atoms with van der Waals surface area (Å²) in [7, 11) is 4.16. The summed E-state index contributed by atoms with van der Waals surface area (Å²) < 4.78 is 0. The average molecular weight is 197 g/mol. The quantitative estimate of drug-likeness (QED) is 0.587. The molecule has 2 fully saturated rings. The van der Waals surface area contributed by atoms with Gasteiger partial charge in [0, 0.05) is 13.1 Å². The maximum Gasteiger partial charge on any atom is 0.241 e. The molecule has 2 aliphatic heterocycles. The lowest BCUT2D eigenvalue weighted by Crippen LogP contribution is -2.54. The molecule has 1 atom stereocenters. The molecule has 1 amide bonds. The predicted molar refractivity (Wildman–Crippen MR) is 54.8 cm³/mol. The van der Waals surface area contributed by atoms with Gasteiger partial charge in [-0.25, -0.2) is 0 Å². The van der Waals surface area contributed by atoms with E-state index in [9.17, 15) is 4.79 Å². The van der Waals surface area contributed by atoms with Crippen LogP contribution in [0.15, 0.2) is 0 Å². The van der Waals surface area contributed by atoms with E-state index in [0.29, 0.717) is 0 Å². The SMILES string of the molecule is CC1NC(=O)C2(CCN(C)CC2)N1C. The van der Waals surface area contributed by atoms with E-state index in [4.69, 9.17) is 0 Å². The fraction of sp³-hybridized carbons (Fsp3) is 0.900. The highest BCUT2D eigenvalue weighted by molar-refractivity contribution is 5.88. The van der Waals surface area contributed by atoms with E-state index in [1.54, 1.807) is 0 Å². The molecule has 80 valence electrons. The molecule has 1 spiro atoms. The van der Waals surface area contributed by atoms with E-state index in [1.165, 1.54) is 0 Å². The van der Waals surface area contributed by atoms with Crippen molar-refractivity contribution in [3.8, 4) is 0 Å². The van der Waals surface area contributed by atoms with Crippen molar-refractivity contribution in [3.63, 3.8) is 0 Å². The lowest BCUT2D eigenvalue weighted by Gasteiger charge is -2.40. The van der Waals surface area contributed by atoms with Crippen LogP contribution in [0, 0.1) is 0 Å². The number of rotatable bonds is 0. The fourth-order valence-corrected chi connectivity index (χ4v) is 2.52. The number of nitrogens with zero attached hydrogens (tertiary/aromatic N) is 2. The summed E-state index contributed by atoms with van der Waals surface area (Å²) in [6, 6.07) is 0. The van der Waals surface area contributed by atoms with Crippen molar-refractivity contribution in [2.45, 2.75) is 31.5 Å². The lowest BCUT2D eigenvalue weighted by atomic mass is 9.86. The number of hydrogen-bond acceptors (Lipinski definition) is 3. The third kappa shape index (κ3) is 1.25. The summed E-state index contributed by atoms with van der Waals surface area (Å²) >= 11 is 0. The van der Waals surface area contributed by atoms with Crippen molar-refractivity contribution < 1.29 is 4.79 Å². The smallest absolute Gasteiger partial charge is 0.241 e. The number of likely N-dealkylation sites (N-methyl/N-ethyl adjacent to an activating group) is 1. The van der Waals surface area contributed by atoms with Gasteiger partial charge in [0.1, 0.15) is 5.54 Å². The highest BCUT2D eigenvalue weighted by Crippen LogP contribution is 2.32. The van der Waals surface area contributed by atoms with Crippen molar-refractivity contribution in [3.05, 3.63) is 0 Å². The van der Waals surface area contributed by atoms with Gasteiger partial charge in [0.25, 0.3) is 0 Å². The van der Waals surface area contributed by atoms with Crippen LogP contribution in [0.3, 0.4) is 0 Å². The minimum Gasteiger partial charge on any atom is -0.339 e. The molecule has 1 unspecified atom stereocenters. The van der Waals surface area contributed by atoms with Crippen molar-refractivity contribution >= 4 is 5.91 Å². The highest BCUT2D eigenvalue weighted by Gasteiger charge is 2.50. The van der Waals surface area contributed by atoms with E-state index in [-0.39, 0.29) is 17.6 Å². The minimum absolute atomic E-state index is 0.186. The van der Waals surface area contributed by atoms with Crippen LogP contribution in [-0.2, 0) is 4.79 Å². The average Bonchev–Trinajstić information content (AvgIpc) is 2.36. The monoisotopic (exact) mass is 197 g/mol. The van der Waals surface area contributed by atoms with E-state index < -0.39 is 0 Å². The predicted octanol–water partition coefficient (Wildman–Crippen LogP) is -0.142. The number of piperidine rings is 1. The van der Waals surface area contributed by atoms with Gasteiger partial charge < -0.3 is 10.2 Å². The minimum atomic E-state index is -0.216. The Balaban J connectivity index is 2.18. The van der Waals surface area contributed by atoms with Gasteiger partial charge in [-0.05, 0) is 33.9 Å². The molecule has 0 radical (unpaired) electrons. The topological polar surface area (TPSA) is 35.6 Å². The second kappa shape index (κ2) is 3.21. The zero-order valence-corrected chi connectivity index (χ0v) is 9.21. The second-order valence-electron chi connectivity index (χ2n) is 4.60. The first-order chi connectivity index (χ1) is 6.56. The first-order valence-corrected chi connectivity index (χ1v) is 5.29. The van der Waals surface area contributed by atoms with Crippen LogP contribution in [0.25, 0.3) is 0 Å².